The fourth-order valence-electron chi connectivity index (χ4n) is 3.08. The number of aliphatic hydroxyl groups is 4. The quantitative estimate of drug-likeness (QED) is 0.223. The number of rotatable bonds is 10. The van der Waals surface area contributed by atoms with E-state index in [1.807, 2.05) is 13.8 Å². The summed E-state index contributed by atoms with van der Waals surface area (Å²) in [6, 6.07) is -2.11. The van der Waals surface area contributed by atoms with E-state index >= 15 is 0 Å². The van der Waals surface area contributed by atoms with Gasteiger partial charge in [0.25, 0.3) is 0 Å². The molecular weight excluding hydrogens is 360 g/mol. The molecule has 6 atom stereocenters. The number of carboxylic acid groups (broad SMARTS) is 1. The van der Waals surface area contributed by atoms with Crippen molar-refractivity contribution in [3.8, 4) is 0 Å². The molecule has 7 N–H and O–H groups in total. The Morgan fingerprint density at radius 1 is 1.15 bits per heavy atom. The fourth-order valence-corrected chi connectivity index (χ4v) is 3.08. The fraction of sp³-hybridized carbons (Fsp3) is 0.882. The molecule has 1 aliphatic rings. The Bertz CT molecular complexity index is 515. The van der Waals surface area contributed by atoms with Gasteiger partial charge in [-0.15, -0.1) is 0 Å². The van der Waals surface area contributed by atoms with Gasteiger partial charge in [-0.25, -0.2) is 4.79 Å². The van der Waals surface area contributed by atoms with Crippen molar-refractivity contribution in [3.63, 3.8) is 0 Å². The molecule has 0 aromatic heterocycles. The number of nitrogens with one attached hydrogen (secondary N) is 2. The van der Waals surface area contributed by atoms with Gasteiger partial charge in [0.15, 0.2) is 5.72 Å². The molecule has 0 spiro atoms. The SMILES string of the molecule is CC(C)C[C@H](NC(=O)[C@@H](N[C@@]1(CO)O[C@H](CO)[C@@H](O)[C@@H]1O)C(C)C)C(=O)O. The molecule has 0 bridgehead atoms. The van der Waals surface area contributed by atoms with Crippen LogP contribution in [0.1, 0.15) is 34.1 Å². The first-order chi connectivity index (χ1) is 12.5. The highest BCUT2D eigenvalue weighted by molar-refractivity contribution is 5.87. The van der Waals surface area contributed by atoms with Gasteiger partial charge >= 0.3 is 5.97 Å². The van der Waals surface area contributed by atoms with Crippen LogP contribution in [0.3, 0.4) is 0 Å². The second-order valence-electron chi connectivity index (χ2n) is 7.72. The van der Waals surface area contributed by atoms with E-state index in [2.05, 4.69) is 10.6 Å². The van der Waals surface area contributed by atoms with Crippen LogP contribution in [0.25, 0.3) is 0 Å². The molecule has 0 saturated carbocycles. The van der Waals surface area contributed by atoms with Crippen LogP contribution in [0.4, 0.5) is 0 Å². The van der Waals surface area contributed by atoms with E-state index in [0.29, 0.717) is 0 Å². The second-order valence-corrected chi connectivity index (χ2v) is 7.72. The summed E-state index contributed by atoms with van der Waals surface area (Å²) in [5.41, 5.74) is -1.87. The first-order valence-electron chi connectivity index (χ1n) is 9.05. The highest BCUT2D eigenvalue weighted by Gasteiger charge is 2.55. The van der Waals surface area contributed by atoms with Crippen LogP contribution in [0.15, 0.2) is 0 Å². The van der Waals surface area contributed by atoms with E-state index in [1.54, 1.807) is 13.8 Å². The predicted molar refractivity (Wildman–Crippen MR) is 94.6 cm³/mol. The third-order valence-corrected chi connectivity index (χ3v) is 4.63. The van der Waals surface area contributed by atoms with E-state index in [9.17, 15) is 35.1 Å². The number of carbonyl (C=O) groups is 2. The average Bonchev–Trinajstić information content (AvgIpc) is 2.83. The molecule has 0 radical (unpaired) electrons. The van der Waals surface area contributed by atoms with Gasteiger partial charge in [0.1, 0.15) is 24.4 Å². The zero-order chi connectivity index (χ0) is 20.9. The van der Waals surface area contributed by atoms with Crippen molar-refractivity contribution in [2.75, 3.05) is 13.2 Å². The minimum atomic E-state index is -1.87. The van der Waals surface area contributed by atoms with Gasteiger partial charge in [-0.3, -0.25) is 10.1 Å². The zero-order valence-electron chi connectivity index (χ0n) is 16.1. The van der Waals surface area contributed by atoms with Crippen LogP contribution >= 0.6 is 0 Å². The number of hydrogen-bond donors (Lipinski definition) is 7. The van der Waals surface area contributed by atoms with E-state index in [4.69, 9.17) is 4.74 Å². The molecule has 1 rings (SSSR count). The van der Waals surface area contributed by atoms with E-state index in [0.717, 1.165) is 0 Å². The molecular formula is C17H32N2O8. The van der Waals surface area contributed by atoms with Crippen LogP contribution in [-0.2, 0) is 14.3 Å². The summed E-state index contributed by atoms with van der Waals surface area (Å²) in [7, 11) is 0. The average molecular weight is 392 g/mol. The molecule has 0 aromatic rings. The molecule has 10 heteroatoms. The number of aliphatic hydroxyl groups excluding tert-OH is 4. The van der Waals surface area contributed by atoms with Crippen LogP contribution in [0, 0.1) is 11.8 Å². The number of carboxylic acids is 1. The topological polar surface area (TPSA) is 169 Å². The summed E-state index contributed by atoms with van der Waals surface area (Å²) in [5, 5.41) is 53.7. The maximum absolute atomic E-state index is 12.7. The molecule has 1 heterocycles. The smallest absolute Gasteiger partial charge is 0.326 e. The maximum atomic E-state index is 12.7. The minimum absolute atomic E-state index is 0.0427. The molecule has 1 saturated heterocycles. The number of carbonyl (C=O) groups excluding carboxylic acids is 1. The Hall–Kier alpha value is -1.30. The molecule has 0 aliphatic carbocycles. The van der Waals surface area contributed by atoms with Crippen LogP contribution < -0.4 is 10.6 Å². The third kappa shape index (κ3) is 5.59. The number of aliphatic carboxylic acids is 1. The number of amides is 1. The first-order valence-corrected chi connectivity index (χ1v) is 9.05. The Morgan fingerprint density at radius 3 is 2.11 bits per heavy atom. The summed E-state index contributed by atoms with van der Waals surface area (Å²) in [4.78, 5) is 24.1. The van der Waals surface area contributed by atoms with E-state index < -0.39 is 61.2 Å². The lowest BCUT2D eigenvalue weighted by atomic mass is 9.96. The van der Waals surface area contributed by atoms with Crippen molar-refractivity contribution in [1.82, 2.24) is 10.6 Å². The van der Waals surface area contributed by atoms with E-state index in [1.165, 1.54) is 0 Å². The number of ether oxygens (including phenoxy) is 1. The first kappa shape index (κ1) is 23.7. The summed E-state index contributed by atoms with van der Waals surface area (Å²) < 4.78 is 5.41. The standard InChI is InChI=1S/C17H32N2O8/c1-8(2)5-10(16(25)26)18-15(24)12(9(3)4)19-17(7-21)14(23)13(22)11(6-20)27-17/h8-14,19-23H,5-7H2,1-4H3,(H,18,24)(H,25,26)/t10-,11+,12-,13+,14-,17-/m0/s1. The maximum Gasteiger partial charge on any atom is 0.326 e. The van der Waals surface area contributed by atoms with Gasteiger partial charge in [0, 0.05) is 0 Å². The molecule has 1 amide bonds. The summed E-state index contributed by atoms with van der Waals surface area (Å²) >= 11 is 0. The van der Waals surface area contributed by atoms with Crippen molar-refractivity contribution in [1.29, 1.82) is 0 Å². The number of hydrogen-bond acceptors (Lipinski definition) is 8. The van der Waals surface area contributed by atoms with Crippen LogP contribution in [-0.4, -0.2) is 86.7 Å². The molecule has 27 heavy (non-hydrogen) atoms. The Labute approximate surface area is 158 Å². The van der Waals surface area contributed by atoms with E-state index in [-0.39, 0.29) is 18.3 Å². The molecule has 1 aliphatic heterocycles. The van der Waals surface area contributed by atoms with Crippen molar-refractivity contribution in [3.05, 3.63) is 0 Å². The highest BCUT2D eigenvalue weighted by Crippen LogP contribution is 2.30. The van der Waals surface area contributed by atoms with Gasteiger partial charge in [0.2, 0.25) is 5.91 Å². The summed E-state index contributed by atoms with van der Waals surface area (Å²) in [5.74, 6) is -2.11. The van der Waals surface area contributed by atoms with Crippen molar-refractivity contribution < 1.29 is 39.9 Å². The zero-order valence-corrected chi connectivity index (χ0v) is 16.1. The van der Waals surface area contributed by atoms with Gasteiger partial charge in [-0.1, -0.05) is 27.7 Å². The summed E-state index contributed by atoms with van der Waals surface area (Å²) in [6.07, 6.45) is -3.96. The third-order valence-electron chi connectivity index (χ3n) is 4.63. The molecule has 0 aromatic carbocycles. The Morgan fingerprint density at radius 2 is 1.74 bits per heavy atom. The second kappa shape index (κ2) is 9.76. The monoisotopic (exact) mass is 392 g/mol. The largest absolute Gasteiger partial charge is 0.480 e. The van der Waals surface area contributed by atoms with Crippen molar-refractivity contribution in [2.24, 2.45) is 11.8 Å². The van der Waals surface area contributed by atoms with Gasteiger partial charge < -0.3 is 35.6 Å². The lowest BCUT2D eigenvalue weighted by Gasteiger charge is -2.36. The minimum Gasteiger partial charge on any atom is -0.480 e. The summed E-state index contributed by atoms with van der Waals surface area (Å²) in [6.45, 7) is 5.70. The molecule has 0 unspecified atom stereocenters. The van der Waals surface area contributed by atoms with Gasteiger partial charge in [-0.2, -0.15) is 0 Å². The Kier molecular flexibility index (Phi) is 8.58. The Balaban J connectivity index is 3.00. The van der Waals surface area contributed by atoms with Gasteiger partial charge in [-0.05, 0) is 18.3 Å². The predicted octanol–water partition coefficient (Wildman–Crippen LogP) is -1.98. The normalized spacial score (nSPS) is 30.5. The molecule has 158 valence electrons. The molecule has 10 nitrogen and oxygen atoms in total. The van der Waals surface area contributed by atoms with Gasteiger partial charge in [0.05, 0.1) is 19.3 Å². The lowest BCUT2D eigenvalue weighted by Crippen LogP contribution is -2.65. The van der Waals surface area contributed by atoms with Crippen molar-refractivity contribution >= 4 is 11.9 Å². The molecule has 1 fully saturated rings. The highest BCUT2D eigenvalue weighted by atomic mass is 16.6. The van der Waals surface area contributed by atoms with Crippen LogP contribution in [0.5, 0.6) is 0 Å². The lowest BCUT2D eigenvalue weighted by molar-refractivity contribution is -0.154. The van der Waals surface area contributed by atoms with Crippen molar-refractivity contribution in [2.45, 2.75) is 70.2 Å². The van der Waals surface area contributed by atoms with Crippen LogP contribution in [0.2, 0.25) is 0 Å².